The van der Waals surface area contributed by atoms with Crippen molar-refractivity contribution in [1.29, 1.82) is 0 Å². The van der Waals surface area contributed by atoms with Gasteiger partial charge < -0.3 is 23.8 Å². The Morgan fingerprint density at radius 2 is 1.68 bits per heavy atom. The number of aromatic amines is 1. The molecule has 1 saturated heterocycles. The van der Waals surface area contributed by atoms with Gasteiger partial charge >= 0.3 is 5.97 Å². The number of hydrogen-bond donors (Lipinski definition) is 0. The van der Waals surface area contributed by atoms with Gasteiger partial charge in [0, 0.05) is 25.1 Å². The largest absolute Gasteiger partial charge is 0.493 e. The summed E-state index contributed by atoms with van der Waals surface area (Å²) in [4.78, 5) is 19.0. The normalized spacial score (nSPS) is 15.9. The third kappa shape index (κ3) is 9.22. The van der Waals surface area contributed by atoms with E-state index in [0.29, 0.717) is 63.2 Å². The maximum Gasteiger partial charge on any atom is 0.338 e. The van der Waals surface area contributed by atoms with E-state index in [4.69, 9.17) is 42.1 Å². The van der Waals surface area contributed by atoms with Crippen LogP contribution in [-0.2, 0) is 21.2 Å². The molecule has 0 amide bonds. The van der Waals surface area contributed by atoms with E-state index >= 15 is 0 Å². The highest BCUT2D eigenvalue weighted by molar-refractivity contribution is 7.92. The second-order valence-corrected chi connectivity index (χ2v) is 14.7. The Labute approximate surface area is 286 Å². The number of methoxy groups -OCH3 is 2. The molecule has 1 atom stereocenters. The molecule has 1 N–H and O–H groups in total. The van der Waals surface area contributed by atoms with Crippen molar-refractivity contribution in [2.75, 3.05) is 57.6 Å². The minimum Gasteiger partial charge on any atom is -0.493 e. The van der Waals surface area contributed by atoms with E-state index in [1.54, 1.807) is 55.9 Å². The molecule has 10 nitrogen and oxygen atoms in total. The minimum absolute atomic E-state index is 0.176. The molecule has 2 aliphatic rings. The topological polar surface area (TPSA) is 109 Å². The van der Waals surface area contributed by atoms with Gasteiger partial charge in [-0.2, -0.15) is 0 Å². The SMILES string of the molecule is COc1ccc([C@H](Cc2c(Cl)c[nH+]cc2Cl)OC(=O)c2ccc(N(CCN3CCCCC3)S(C)(=O)=O)c(OCC3CC3)c2)cc1OC. The van der Waals surface area contributed by atoms with Crippen molar-refractivity contribution < 1.29 is 37.1 Å². The molecular formula is C34H42Cl2N3O7S+. The van der Waals surface area contributed by atoms with Crippen LogP contribution in [0.3, 0.4) is 0 Å². The summed E-state index contributed by atoms with van der Waals surface area (Å²) in [6, 6.07) is 10.0. The zero-order valence-corrected chi connectivity index (χ0v) is 29.3. The van der Waals surface area contributed by atoms with Gasteiger partial charge in [0.25, 0.3) is 0 Å². The van der Waals surface area contributed by atoms with Crippen molar-refractivity contribution in [2.24, 2.45) is 5.92 Å². The molecule has 1 aliphatic carbocycles. The molecule has 5 rings (SSSR count). The highest BCUT2D eigenvalue weighted by Crippen LogP contribution is 2.38. The van der Waals surface area contributed by atoms with Crippen LogP contribution in [-0.4, -0.2) is 72.5 Å². The van der Waals surface area contributed by atoms with Crippen LogP contribution in [0.4, 0.5) is 5.69 Å². The zero-order valence-electron chi connectivity index (χ0n) is 27.0. The molecule has 1 aliphatic heterocycles. The molecule has 2 aromatic carbocycles. The van der Waals surface area contributed by atoms with E-state index in [9.17, 15) is 13.2 Å². The number of piperidine rings is 1. The van der Waals surface area contributed by atoms with Crippen LogP contribution < -0.4 is 23.5 Å². The molecule has 2 heterocycles. The fraction of sp³-hybridized carbons (Fsp3) is 0.471. The van der Waals surface area contributed by atoms with E-state index in [1.165, 1.54) is 24.1 Å². The number of ether oxygens (including phenoxy) is 4. The predicted octanol–water partition coefficient (Wildman–Crippen LogP) is 6.01. The van der Waals surface area contributed by atoms with Gasteiger partial charge in [-0.15, -0.1) is 0 Å². The van der Waals surface area contributed by atoms with Gasteiger partial charge in [-0.1, -0.05) is 35.7 Å². The number of halogens is 2. The average Bonchev–Trinajstić information content (AvgIpc) is 3.89. The van der Waals surface area contributed by atoms with Crippen molar-refractivity contribution in [3.05, 3.63) is 75.5 Å². The maximum atomic E-state index is 13.8. The summed E-state index contributed by atoms with van der Waals surface area (Å²) in [5, 5.41) is 0.786. The van der Waals surface area contributed by atoms with Crippen molar-refractivity contribution in [2.45, 2.75) is 44.6 Å². The first-order valence-corrected chi connectivity index (χ1v) is 18.4. The summed E-state index contributed by atoms with van der Waals surface area (Å²) >= 11 is 13.0. The highest BCUT2D eigenvalue weighted by atomic mass is 35.5. The summed E-state index contributed by atoms with van der Waals surface area (Å²) < 4.78 is 50.8. The number of H-pyrrole nitrogens is 1. The van der Waals surface area contributed by atoms with E-state index < -0.39 is 22.1 Å². The van der Waals surface area contributed by atoms with Gasteiger partial charge in [0.1, 0.15) is 21.9 Å². The molecule has 13 heteroatoms. The average molecular weight is 708 g/mol. The molecule has 0 spiro atoms. The number of benzene rings is 2. The number of nitrogens with one attached hydrogen (secondary N) is 1. The van der Waals surface area contributed by atoms with Gasteiger partial charge in [-0.25, -0.2) is 18.2 Å². The predicted molar refractivity (Wildman–Crippen MR) is 182 cm³/mol. The molecule has 0 bridgehead atoms. The van der Waals surface area contributed by atoms with Crippen LogP contribution >= 0.6 is 23.2 Å². The Hall–Kier alpha value is -3.25. The number of pyridine rings is 1. The van der Waals surface area contributed by atoms with E-state index in [0.717, 1.165) is 38.8 Å². The minimum atomic E-state index is -3.65. The number of anilines is 1. The zero-order chi connectivity index (χ0) is 33.6. The first kappa shape index (κ1) is 35.1. The molecule has 1 aromatic heterocycles. The molecule has 1 saturated carbocycles. The monoisotopic (exact) mass is 706 g/mol. The number of likely N-dealkylation sites (tertiary alicyclic amines) is 1. The highest BCUT2D eigenvalue weighted by Gasteiger charge is 2.28. The fourth-order valence-electron chi connectivity index (χ4n) is 5.67. The van der Waals surface area contributed by atoms with Crippen LogP contribution in [0.5, 0.6) is 17.2 Å². The van der Waals surface area contributed by atoms with Crippen LogP contribution in [0.15, 0.2) is 48.8 Å². The lowest BCUT2D eigenvalue weighted by atomic mass is 10.0. The lowest BCUT2D eigenvalue weighted by molar-refractivity contribution is -0.377. The molecule has 47 heavy (non-hydrogen) atoms. The van der Waals surface area contributed by atoms with Crippen LogP contribution in [0.1, 0.15) is 59.7 Å². The first-order chi connectivity index (χ1) is 22.6. The fourth-order valence-corrected chi connectivity index (χ4v) is 7.12. The molecule has 254 valence electrons. The van der Waals surface area contributed by atoms with Gasteiger partial charge in [-0.05, 0) is 80.6 Å². The van der Waals surface area contributed by atoms with E-state index in [1.807, 2.05) is 0 Å². The third-order valence-electron chi connectivity index (χ3n) is 8.52. The second-order valence-electron chi connectivity index (χ2n) is 12.0. The van der Waals surface area contributed by atoms with Crippen molar-refractivity contribution in [3.63, 3.8) is 0 Å². The number of carbonyl (C=O) groups excluding carboxylic acids is 1. The molecule has 2 fully saturated rings. The molecule has 3 aromatic rings. The molecular weight excluding hydrogens is 665 g/mol. The summed E-state index contributed by atoms with van der Waals surface area (Å²) in [5.74, 6) is 1.10. The third-order valence-corrected chi connectivity index (χ3v) is 10.4. The van der Waals surface area contributed by atoms with Gasteiger partial charge in [0.05, 0.1) is 38.3 Å². The Balaban J connectivity index is 1.45. The Bertz CT molecular complexity index is 1640. The van der Waals surface area contributed by atoms with Crippen molar-refractivity contribution >= 4 is 44.9 Å². The molecule has 0 unspecified atom stereocenters. The Morgan fingerprint density at radius 3 is 2.32 bits per heavy atom. The quantitative estimate of drug-likeness (QED) is 0.177. The number of nitrogens with zero attached hydrogens (tertiary/aromatic N) is 2. The lowest BCUT2D eigenvalue weighted by Gasteiger charge is -2.30. The Morgan fingerprint density at radius 1 is 0.979 bits per heavy atom. The number of aromatic nitrogens is 1. The number of rotatable bonds is 15. The lowest BCUT2D eigenvalue weighted by Crippen LogP contribution is -2.40. The summed E-state index contributed by atoms with van der Waals surface area (Å²) in [6.07, 6.45) is 9.29. The number of esters is 1. The van der Waals surface area contributed by atoms with Crippen LogP contribution in [0, 0.1) is 5.92 Å². The van der Waals surface area contributed by atoms with Crippen molar-refractivity contribution in [1.82, 2.24) is 4.90 Å². The Kier molecular flexibility index (Phi) is 11.8. The van der Waals surface area contributed by atoms with Crippen molar-refractivity contribution in [3.8, 4) is 17.2 Å². The van der Waals surface area contributed by atoms with Crippen LogP contribution in [0.25, 0.3) is 0 Å². The standard InChI is InChI=1S/C34H41Cl2N3O7S/c1-43-30-12-10-24(17-33(30)44-2)31(19-26-27(35)20-37-21-28(26)36)46-34(40)25-9-11-29(32(18-25)45-22-23-7-8-23)39(47(3,41)42)16-15-38-13-5-4-6-14-38/h9-12,17-18,20-21,23,31H,4-8,13-16,19,22H2,1-3H3/p+1/t31-/m0/s1. The molecule has 0 radical (unpaired) electrons. The van der Waals surface area contributed by atoms with E-state index in [2.05, 4.69) is 9.88 Å². The van der Waals surface area contributed by atoms with Crippen LogP contribution in [0.2, 0.25) is 10.0 Å². The second kappa shape index (κ2) is 15.8. The number of sulfonamides is 1. The van der Waals surface area contributed by atoms with Gasteiger partial charge in [0.15, 0.2) is 23.9 Å². The maximum absolute atomic E-state index is 13.8. The van der Waals surface area contributed by atoms with Gasteiger partial charge in [-0.3, -0.25) is 4.31 Å². The number of carbonyl (C=O) groups is 1. The smallest absolute Gasteiger partial charge is 0.338 e. The van der Waals surface area contributed by atoms with E-state index in [-0.39, 0.29) is 18.5 Å². The summed E-state index contributed by atoms with van der Waals surface area (Å²) in [5.41, 5.74) is 1.85. The number of hydrogen-bond acceptors (Lipinski definition) is 8. The van der Waals surface area contributed by atoms with Gasteiger partial charge in [0.2, 0.25) is 10.0 Å². The summed E-state index contributed by atoms with van der Waals surface area (Å²) in [6.45, 7) is 3.22. The first-order valence-electron chi connectivity index (χ1n) is 15.8. The summed E-state index contributed by atoms with van der Waals surface area (Å²) in [7, 11) is -0.577.